The van der Waals surface area contributed by atoms with Crippen LogP contribution in [0.25, 0.3) is 5.69 Å². The number of rotatable bonds is 4. The first-order valence-electron chi connectivity index (χ1n) is 7.56. The van der Waals surface area contributed by atoms with Crippen molar-refractivity contribution in [2.75, 3.05) is 25.4 Å². The third-order valence-electron chi connectivity index (χ3n) is 3.73. The molecule has 1 aliphatic heterocycles. The minimum Gasteiger partial charge on any atom is -0.490 e. The maximum atomic E-state index is 12.6. The number of carbonyl (C=O) groups is 1. The Hall–Kier alpha value is -2.50. The molecule has 0 spiro atoms. The highest BCUT2D eigenvalue weighted by molar-refractivity contribution is 5.95. The van der Waals surface area contributed by atoms with Crippen molar-refractivity contribution >= 4 is 11.6 Å². The van der Waals surface area contributed by atoms with E-state index in [0.29, 0.717) is 23.7 Å². The van der Waals surface area contributed by atoms with E-state index in [4.69, 9.17) is 10.5 Å². The molecular weight excluding hydrogens is 280 g/mol. The number of hydrogen-bond donors (Lipinski definition) is 1. The summed E-state index contributed by atoms with van der Waals surface area (Å²) in [4.78, 5) is 14.4. The van der Waals surface area contributed by atoms with Crippen LogP contribution in [0.5, 0.6) is 5.75 Å². The standard InChI is InChI=1S/C16H20N4O2/c1-2-22-14-11-20(13-7-5-12(17)6-8-13)18-15(14)16(21)19-9-3-4-10-19/h5-8,11H,2-4,9-10,17H2,1H3. The lowest BCUT2D eigenvalue weighted by Crippen LogP contribution is -2.28. The monoisotopic (exact) mass is 300 g/mol. The summed E-state index contributed by atoms with van der Waals surface area (Å²) in [7, 11) is 0. The Bertz CT molecular complexity index is 657. The van der Waals surface area contributed by atoms with E-state index in [1.807, 2.05) is 24.0 Å². The Morgan fingerprint density at radius 3 is 2.59 bits per heavy atom. The molecule has 0 saturated carbocycles. The zero-order chi connectivity index (χ0) is 15.5. The second kappa shape index (κ2) is 6.09. The predicted octanol–water partition coefficient (Wildman–Crippen LogP) is 2.09. The quantitative estimate of drug-likeness (QED) is 0.877. The SMILES string of the molecule is CCOc1cn(-c2ccc(N)cc2)nc1C(=O)N1CCCC1. The smallest absolute Gasteiger partial charge is 0.278 e. The Morgan fingerprint density at radius 2 is 1.95 bits per heavy atom. The van der Waals surface area contributed by atoms with E-state index in [1.54, 1.807) is 23.0 Å². The van der Waals surface area contributed by atoms with Crippen molar-refractivity contribution in [3.05, 3.63) is 36.2 Å². The first-order valence-corrected chi connectivity index (χ1v) is 7.56. The highest BCUT2D eigenvalue weighted by Gasteiger charge is 2.26. The van der Waals surface area contributed by atoms with Gasteiger partial charge in [0.2, 0.25) is 0 Å². The zero-order valence-corrected chi connectivity index (χ0v) is 12.7. The molecule has 1 aromatic heterocycles. The Morgan fingerprint density at radius 1 is 1.27 bits per heavy atom. The van der Waals surface area contributed by atoms with Gasteiger partial charge in [-0.2, -0.15) is 5.10 Å². The molecular formula is C16H20N4O2. The number of hydrogen-bond acceptors (Lipinski definition) is 4. The summed E-state index contributed by atoms with van der Waals surface area (Å²) in [5.41, 5.74) is 7.61. The van der Waals surface area contributed by atoms with E-state index < -0.39 is 0 Å². The van der Waals surface area contributed by atoms with Crippen LogP contribution < -0.4 is 10.5 Å². The minimum absolute atomic E-state index is 0.0601. The van der Waals surface area contributed by atoms with Crippen molar-refractivity contribution in [1.29, 1.82) is 0 Å². The van der Waals surface area contributed by atoms with Crippen molar-refractivity contribution in [3.8, 4) is 11.4 Å². The molecule has 6 nitrogen and oxygen atoms in total. The summed E-state index contributed by atoms with van der Waals surface area (Å²) in [6.07, 6.45) is 3.85. The van der Waals surface area contributed by atoms with Crippen molar-refractivity contribution in [3.63, 3.8) is 0 Å². The fourth-order valence-corrected chi connectivity index (χ4v) is 2.60. The highest BCUT2D eigenvalue weighted by Crippen LogP contribution is 2.23. The number of ether oxygens (including phenoxy) is 1. The molecule has 1 aromatic carbocycles. The first-order chi connectivity index (χ1) is 10.7. The molecule has 1 amide bonds. The number of carbonyl (C=O) groups excluding carboxylic acids is 1. The minimum atomic E-state index is -0.0601. The van der Waals surface area contributed by atoms with Crippen LogP contribution in [-0.4, -0.2) is 40.3 Å². The summed E-state index contributed by atoms with van der Waals surface area (Å²) in [5, 5.41) is 4.43. The molecule has 0 aliphatic carbocycles. The van der Waals surface area contributed by atoms with Gasteiger partial charge < -0.3 is 15.4 Å². The van der Waals surface area contributed by atoms with Crippen LogP contribution in [0, 0.1) is 0 Å². The van der Waals surface area contributed by atoms with Crippen molar-refractivity contribution in [2.45, 2.75) is 19.8 Å². The summed E-state index contributed by atoms with van der Waals surface area (Å²) >= 11 is 0. The topological polar surface area (TPSA) is 73.4 Å². The van der Waals surface area contributed by atoms with Crippen LogP contribution >= 0.6 is 0 Å². The van der Waals surface area contributed by atoms with Gasteiger partial charge in [-0.05, 0) is 44.0 Å². The number of nitrogens with zero attached hydrogens (tertiary/aromatic N) is 3. The van der Waals surface area contributed by atoms with Gasteiger partial charge >= 0.3 is 0 Å². The zero-order valence-electron chi connectivity index (χ0n) is 12.7. The Kier molecular flexibility index (Phi) is 4.00. The van der Waals surface area contributed by atoms with Crippen LogP contribution in [0.3, 0.4) is 0 Å². The fourth-order valence-electron chi connectivity index (χ4n) is 2.60. The van der Waals surface area contributed by atoms with Gasteiger partial charge in [0.1, 0.15) is 0 Å². The number of benzene rings is 1. The maximum Gasteiger partial charge on any atom is 0.278 e. The van der Waals surface area contributed by atoms with Crippen molar-refractivity contribution in [1.82, 2.24) is 14.7 Å². The van der Waals surface area contributed by atoms with Crippen LogP contribution in [-0.2, 0) is 0 Å². The molecule has 0 radical (unpaired) electrons. The maximum absolute atomic E-state index is 12.6. The number of likely N-dealkylation sites (tertiary alicyclic amines) is 1. The average molecular weight is 300 g/mol. The van der Waals surface area contributed by atoms with Crippen LogP contribution in [0.15, 0.2) is 30.5 Å². The number of amides is 1. The molecule has 0 atom stereocenters. The highest BCUT2D eigenvalue weighted by atomic mass is 16.5. The molecule has 3 rings (SSSR count). The van der Waals surface area contributed by atoms with Gasteiger partial charge in [0, 0.05) is 18.8 Å². The lowest BCUT2D eigenvalue weighted by Gasteiger charge is -2.14. The molecule has 0 bridgehead atoms. The first kappa shape index (κ1) is 14.4. The number of nitrogens with two attached hydrogens (primary N) is 1. The van der Waals surface area contributed by atoms with E-state index in [2.05, 4.69) is 5.10 Å². The van der Waals surface area contributed by atoms with Gasteiger partial charge in [0.15, 0.2) is 11.4 Å². The summed E-state index contributed by atoms with van der Waals surface area (Å²) in [6.45, 7) is 3.97. The van der Waals surface area contributed by atoms with E-state index in [0.717, 1.165) is 31.6 Å². The van der Waals surface area contributed by atoms with Crippen LogP contribution in [0.2, 0.25) is 0 Å². The molecule has 0 unspecified atom stereocenters. The molecule has 1 aliphatic rings. The van der Waals surface area contributed by atoms with E-state index in [-0.39, 0.29) is 5.91 Å². The third-order valence-corrected chi connectivity index (χ3v) is 3.73. The number of anilines is 1. The largest absolute Gasteiger partial charge is 0.490 e. The summed E-state index contributed by atoms with van der Waals surface area (Å²) in [5.74, 6) is 0.464. The average Bonchev–Trinajstić information content (AvgIpc) is 3.17. The Balaban J connectivity index is 1.94. The molecule has 2 N–H and O–H groups in total. The molecule has 6 heteroatoms. The molecule has 2 heterocycles. The summed E-state index contributed by atoms with van der Waals surface area (Å²) < 4.78 is 7.25. The van der Waals surface area contributed by atoms with Crippen LogP contribution in [0.4, 0.5) is 5.69 Å². The second-order valence-electron chi connectivity index (χ2n) is 5.31. The van der Waals surface area contributed by atoms with Gasteiger partial charge in [0.05, 0.1) is 18.5 Å². The van der Waals surface area contributed by atoms with Gasteiger partial charge in [-0.1, -0.05) is 0 Å². The second-order valence-corrected chi connectivity index (χ2v) is 5.31. The lowest BCUT2D eigenvalue weighted by atomic mass is 10.3. The van der Waals surface area contributed by atoms with Gasteiger partial charge in [-0.15, -0.1) is 0 Å². The van der Waals surface area contributed by atoms with Crippen molar-refractivity contribution in [2.24, 2.45) is 0 Å². The number of nitrogen functional groups attached to an aromatic ring is 1. The molecule has 1 saturated heterocycles. The van der Waals surface area contributed by atoms with Gasteiger partial charge in [0.25, 0.3) is 5.91 Å². The fraction of sp³-hybridized carbons (Fsp3) is 0.375. The molecule has 22 heavy (non-hydrogen) atoms. The van der Waals surface area contributed by atoms with E-state index >= 15 is 0 Å². The van der Waals surface area contributed by atoms with E-state index in [1.165, 1.54) is 0 Å². The third kappa shape index (κ3) is 2.77. The van der Waals surface area contributed by atoms with Crippen LogP contribution in [0.1, 0.15) is 30.3 Å². The predicted molar refractivity (Wildman–Crippen MR) is 84.3 cm³/mol. The van der Waals surface area contributed by atoms with Gasteiger partial charge in [-0.25, -0.2) is 4.68 Å². The molecule has 2 aromatic rings. The normalized spacial score (nSPS) is 14.3. The molecule has 116 valence electrons. The van der Waals surface area contributed by atoms with Crippen molar-refractivity contribution < 1.29 is 9.53 Å². The summed E-state index contributed by atoms with van der Waals surface area (Å²) in [6, 6.07) is 7.34. The van der Waals surface area contributed by atoms with E-state index in [9.17, 15) is 4.79 Å². The molecule has 1 fully saturated rings. The van der Waals surface area contributed by atoms with Gasteiger partial charge in [-0.3, -0.25) is 4.79 Å². The number of aromatic nitrogens is 2. The lowest BCUT2D eigenvalue weighted by molar-refractivity contribution is 0.0782. The Labute approximate surface area is 129 Å².